The van der Waals surface area contributed by atoms with Gasteiger partial charge in [0.1, 0.15) is 6.54 Å². The summed E-state index contributed by atoms with van der Waals surface area (Å²) in [7, 11) is 1.67. The molecular weight excluding hydrogens is 406 g/mol. The lowest BCUT2D eigenvalue weighted by molar-refractivity contribution is -0.130. The number of ketones is 1. The zero-order chi connectivity index (χ0) is 22.0. The third-order valence-corrected chi connectivity index (χ3v) is 5.13. The van der Waals surface area contributed by atoms with Crippen molar-refractivity contribution < 1.29 is 9.59 Å². The van der Waals surface area contributed by atoms with Gasteiger partial charge in [-0.2, -0.15) is 0 Å². The molecule has 2 aromatic carbocycles. The minimum Gasteiger partial charge on any atom is -0.344 e. The van der Waals surface area contributed by atoms with Crippen molar-refractivity contribution in [2.75, 3.05) is 13.6 Å². The Bertz CT molecular complexity index is 1260. The van der Waals surface area contributed by atoms with Gasteiger partial charge in [-0.15, -0.1) is 0 Å². The van der Waals surface area contributed by atoms with E-state index in [4.69, 9.17) is 11.6 Å². The maximum Gasteiger partial charge on any atom is 0.336 e. The monoisotopic (exact) mass is 427 g/mol. The zero-order valence-corrected chi connectivity index (χ0v) is 17.8. The van der Waals surface area contributed by atoms with Crippen LogP contribution < -0.4 is 11.2 Å². The van der Waals surface area contributed by atoms with E-state index < -0.39 is 11.2 Å². The van der Waals surface area contributed by atoms with Crippen molar-refractivity contribution >= 4 is 34.2 Å². The number of hydrogen-bond donors (Lipinski definition) is 0. The highest BCUT2D eigenvalue weighted by atomic mass is 35.5. The number of amides is 1. The standard InChI is InChI=1S/C22H22ClN3O4/c1-4-10-24(3)20(28)13-25-19-12-16(23)8-9-18(19)21(29)26(22(25)30)17-7-5-6-15(11-17)14(2)27/h5-9,11-12H,4,10,13H2,1-3H3. The first-order valence-electron chi connectivity index (χ1n) is 9.55. The summed E-state index contributed by atoms with van der Waals surface area (Å²) in [6.07, 6.45) is 0.779. The van der Waals surface area contributed by atoms with E-state index in [1.165, 1.54) is 34.6 Å². The average Bonchev–Trinajstić information content (AvgIpc) is 2.71. The first-order chi connectivity index (χ1) is 14.2. The number of carbonyl (C=O) groups is 2. The smallest absolute Gasteiger partial charge is 0.336 e. The summed E-state index contributed by atoms with van der Waals surface area (Å²) in [5.74, 6) is -0.447. The fourth-order valence-electron chi connectivity index (χ4n) is 3.30. The van der Waals surface area contributed by atoms with Crippen LogP contribution >= 0.6 is 11.6 Å². The number of halogens is 1. The van der Waals surface area contributed by atoms with Gasteiger partial charge in [-0.05, 0) is 43.7 Å². The van der Waals surface area contributed by atoms with Gasteiger partial charge < -0.3 is 4.90 Å². The topological polar surface area (TPSA) is 81.4 Å². The summed E-state index contributed by atoms with van der Waals surface area (Å²) in [6.45, 7) is 3.67. The van der Waals surface area contributed by atoms with Gasteiger partial charge >= 0.3 is 5.69 Å². The van der Waals surface area contributed by atoms with E-state index in [2.05, 4.69) is 0 Å². The van der Waals surface area contributed by atoms with Crippen molar-refractivity contribution in [3.05, 3.63) is 73.9 Å². The number of nitrogens with zero attached hydrogens (tertiary/aromatic N) is 3. The summed E-state index contributed by atoms with van der Waals surface area (Å²) in [6, 6.07) is 10.9. The number of carbonyl (C=O) groups excluding carboxylic acids is 2. The molecule has 0 spiro atoms. The average molecular weight is 428 g/mol. The Hall–Kier alpha value is -3.19. The van der Waals surface area contributed by atoms with Crippen molar-refractivity contribution in [2.24, 2.45) is 0 Å². The molecule has 0 atom stereocenters. The normalized spacial score (nSPS) is 10.9. The van der Waals surface area contributed by atoms with Crippen LogP contribution in [0.3, 0.4) is 0 Å². The molecule has 1 aromatic heterocycles. The van der Waals surface area contributed by atoms with Crippen LogP contribution in [-0.2, 0) is 11.3 Å². The number of fused-ring (bicyclic) bond motifs is 1. The van der Waals surface area contributed by atoms with E-state index in [-0.39, 0.29) is 34.8 Å². The lowest BCUT2D eigenvalue weighted by Crippen LogP contribution is -2.42. The Morgan fingerprint density at radius 3 is 2.50 bits per heavy atom. The zero-order valence-electron chi connectivity index (χ0n) is 17.0. The maximum absolute atomic E-state index is 13.3. The fraction of sp³-hybridized carbons (Fsp3) is 0.273. The number of aromatic nitrogens is 2. The van der Waals surface area contributed by atoms with Gasteiger partial charge in [-0.3, -0.25) is 19.0 Å². The third-order valence-electron chi connectivity index (χ3n) is 4.90. The Balaban J connectivity index is 2.30. The molecule has 0 saturated heterocycles. The Morgan fingerprint density at radius 2 is 1.83 bits per heavy atom. The third kappa shape index (κ3) is 4.07. The predicted octanol–water partition coefficient (Wildman–Crippen LogP) is 2.88. The highest BCUT2D eigenvalue weighted by Crippen LogP contribution is 2.17. The van der Waals surface area contributed by atoms with Crippen molar-refractivity contribution in [3.63, 3.8) is 0 Å². The summed E-state index contributed by atoms with van der Waals surface area (Å²) in [4.78, 5) is 52.4. The SMILES string of the molecule is CCCN(C)C(=O)Cn1c(=O)n(-c2cccc(C(C)=O)c2)c(=O)c2ccc(Cl)cc21. The van der Waals surface area contributed by atoms with Crippen molar-refractivity contribution in [2.45, 2.75) is 26.8 Å². The molecule has 0 radical (unpaired) electrons. The molecule has 3 aromatic rings. The van der Waals surface area contributed by atoms with Crippen LogP contribution in [0.4, 0.5) is 0 Å². The number of rotatable bonds is 6. The maximum atomic E-state index is 13.3. The van der Waals surface area contributed by atoms with Crippen LogP contribution in [0.1, 0.15) is 30.6 Å². The van der Waals surface area contributed by atoms with Gasteiger partial charge in [-0.25, -0.2) is 9.36 Å². The van der Waals surface area contributed by atoms with Crippen LogP contribution in [0.2, 0.25) is 5.02 Å². The van der Waals surface area contributed by atoms with Gasteiger partial charge in [0.05, 0.1) is 16.6 Å². The molecule has 0 N–H and O–H groups in total. The van der Waals surface area contributed by atoms with E-state index in [0.29, 0.717) is 17.1 Å². The summed E-state index contributed by atoms with van der Waals surface area (Å²) >= 11 is 6.10. The Morgan fingerprint density at radius 1 is 1.10 bits per heavy atom. The molecule has 0 aliphatic heterocycles. The number of Topliss-reactive ketones (excluding diaryl/α,β-unsaturated/α-hetero) is 1. The first-order valence-corrected chi connectivity index (χ1v) is 9.92. The van der Waals surface area contributed by atoms with E-state index in [0.717, 1.165) is 11.0 Å². The van der Waals surface area contributed by atoms with Gasteiger partial charge in [-0.1, -0.05) is 30.7 Å². The van der Waals surface area contributed by atoms with Crippen LogP contribution in [0.15, 0.2) is 52.1 Å². The molecule has 156 valence electrons. The molecule has 0 aliphatic carbocycles. The Kier molecular flexibility index (Phi) is 6.22. The van der Waals surface area contributed by atoms with E-state index in [1.54, 1.807) is 31.3 Å². The molecular formula is C22H22ClN3O4. The van der Waals surface area contributed by atoms with Crippen molar-refractivity contribution in [3.8, 4) is 5.69 Å². The van der Waals surface area contributed by atoms with Crippen LogP contribution in [0.5, 0.6) is 0 Å². The van der Waals surface area contributed by atoms with Crippen molar-refractivity contribution in [1.29, 1.82) is 0 Å². The number of likely N-dealkylation sites (N-methyl/N-ethyl adjacent to an activating group) is 1. The second-order valence-electron chi connectivity index (χ2n) is 7.09. The van der Waals surface area contributed by atoms with Crippen LogP contribution in [0, 0.1) is 0 Å². The van der Waals surface area contributed by atoms with E-state index in [9.17, 15) is 19.2 Å². The molecule has 8 heteroatoms. The van der Waals surface area contributed by atoms with E-state index >= 15 is 0 Å². The highest BCUT2D eigenvalue weighted by molar-refractivity contribution is 6.31. The van der Waals surface area contributed by atoms with E-state index in [1.807, 2.05) is 6.92 Å². The van der Waals surface area contributed by atoms with Gasteiger partial charge in [0.25, 0.3) is 5.56 Å². The lowest BCUT2D eigenvalue weighted by Gasteiger charge is -2.19. The molecule has 0 bridgehead atoms. The van der Waals surface area contributed by atoms with Crippen LogP contribution in [-0.4, -0.2) is 39.3 Å². The molecule has 0 aliphatic rings. The number of benzene rings is 2. The molecule has 0 fully saturated rings. The first kappa shape index (κ1) is 21.5. The minimum atomic E-state index is -0.672. The molecule has 30 heavy (non-hydrogen) atoms. The number of hydrogen-bond acceptors (Lipinski definition) is 4. The molecule has 7 nitrogen and oxygen atoms in total. The molecule has 3 rings (SSSR count). The Labute approximate surface area is 178 Å². The largest absolute Gasteiger partial charge is 0.344 e. The minimum absolute atomic E-state index is 0.186. The molecule has 0 unspecified atom stereocenters. The quantitative estimate of drug-likeness (QED) is 0.566. The second kappa shape index (κ2) is 8.67. The molecule has 1 amide bonds. The highest BCUT2D eigenvalue weighted by Gasteiger charge is 2.19. The van der Waals surface area contributed by atoms with Crippen molar-refractivity contribution in [1.82, 2.24) is 14.0 Å². The van der Waals surface area contributed by atoms with Gasteiger partial charge in [0.2, 0.25) is 5.91 Å². The van der Waals surface area contributed by atoms with Gasteiger partial charge in [0, 0.05) is 24.2 Å². The van der Waals surface area contributed by atoms with Gasteiger partial charge in [0.15, 0.2) is 5.78 Å². The second-order valence-corrected chi connectivity index (χ2v) is 7.53. The lowest BCUT2D eigenvalue weighted by atomic mass is 10.1. The summed E-state index contributed by atoms with van der Waals surface area (Å²) < 4.78 is 2.23. The molecule has 0 saturated carbocycles. The summed E-state index contributed by atoms with van der Waals surface area (Å²) in [5.41, 5.74) is -0.292. The summed E-state index contributed by atoms with van der Waals surface area (Å²) in [5, 5.41) is 0.596. The fourth-order valence-corrected chi connectivity index (χ4v) is 3.47. The predicted molar refractivity (Wildman–Crippen MR) is 117 cm³/mol. The van der Waals surface area contributed by atoms with Crippen LogP contribution in [0.25, 0.3) is 16.6 Å². The molecule has 1 heterocycles.